The number of nitrogens with zero attached hydrogens (tertiary/aromatic N) is 1. The maximum Gasteiger partial charge on any atom is 0.407 e. The van der Waals surface area contributed by atoms with Crippen LogP contribution in [0, 0.1) is 10.1 Å². The van der Waals surface area contributed by atoms with Crippen molar-refractivity contribution in [3.63, 3.8) is 0 Å². The lowest BCUT2D eigenvalue weighted by Gasteiger charge is -2.16. The molecule has 0 aliphatic carbocycles. The van der Waals surface area contributed by atoms with Crippen LogP contribution in [-0.4, -0.2) is 18.2 Å². The van der Waals surface area contributed by atoms with Crippen molar-refractivity contribution in [3.8, 4) is 5.75 Å². The lowest BCUT2D eigenvalue weighted by atomic mass is 10.0. The zero-order valence-corrected chi connectivity index (χ0v) is 8.69. The number of methoxy groups -OCH3 is 1. The molecule has 1 rings (SSSR count). The molecule has 1 unspecified atom stereocenters. The molecule has 94 valence electrons. The van der Waals surface area contributed by atoms with E-state index in [0.29, 0.717) is 0 Å². The highest BCUT2D eigenvalue weighted by atomic mass is 19.4. The Labute approximate surface area is 94.1 Å². The van der Waals surface area contributed by atoms with Crippen LogP contribution in [0.4, 0.5) is 18.9 Å². The summed E-state index contributed by atoms with van der Waals surface area (Å²) in [5.74, 6) is -0.257. The zero-order chi connectivity index (χ0) is 13.2. The van der Waals surface area contributed by atoms with Crippen LogP contribution < -0.4 is 10.5 Å². The number of alkyl halides is 3. The van der Waals surface area contributed by atoms with Crippen molar-refractivity contribution in [3.05, 3.63) is 33.9 Å². The van der Waals surface area contributed by atoms with E-state index in [2.05, 4.69) is 4.74 Å². The molecule has 0 saturated heterocycles. The Morgan fingerprint density at radius 3 is 2.47 bits per heavy atom. The second kappa shape index (κ2) is 4.58. The van der Waals surface area contributed by atoms with Crippen molar-refractivity contribution < 1.29 is 22.8 Å². The Balaban J connectivity index is 3.38. The van der Waals surface area contributed by atoms with Crippen LogP contribution in [-0.2, 0) is 0 Å². The molecule has 5 nitrogen and oxygen atoms in total. The number of hydrogen-bond acceptors (Lipinski definition) is 4. The van der Waals surface area contributed by atoms with Crippen LogP contribution in [0.25, 0.3) is 0 Å². The summed E-state index contributed by atoms with van der Waals surface area (Å²) in [6.45, 7) is 0. The van der Waals surface area contributed by atoms with Gasteiger partial charge in [-0.15, -0.1) is 0 Å². The van der Waals surface area contributed by atoms with Crippen molar-refractivity contribution >= 4 is 5.69 Å². The summed E-state index contributed by atoms with van der Waals surface area (Å²) in [6, 6.07) is 0.953. The van der Waals surface area contributed by atoms with Crippen LogP contribution >= 0.6 is 0 Å². The molecule has 0 amide bonds. The molecule has 0 aliphatic heterocycles. The predicted octanol–water partition coefficient (Wildman–Crippen LogP) is 2.17. The minimum atomic E-state index is -4.75. The van der Waals surface area contributed by atoms with Crippen molar-refractivity contribution in [1.82, 2.24) is 0 Å². The summed E-state index contributed by atoms with van der Waals surface area (Å²) < 4.78 is 41.9. The van der Waals surface area contributed by atoms with Gasteiger partial charge in [0, 0.05) is 0 Å². The molecule has 0 aromatic heterocycles. The fourth-order valence-corrected chi connectivity index (χ4v) is 1.33. The van der Waals surface area contributed by atoms with E-state index in [1.807, 2.05) is 0 Å². The Kier molecular flexibility index (Phi) is 3.56. The van der Waals surface area contributed by atoms with Gasteiger partial charge in [0.25, 0.3) is 0 Å². The van der Waals surface area contributed by atoms with Gasteiger partial charge in [0.15, 0.2) is 5.75 Å². The Morgan fingerprint density at radius 1 is 1.47 bits per heavy atom. The molecular formula is C9H9F3N2O3. The second-order valence-corrected chi connectivity index (χ2v) is 3.17. The predicted molar refractivity (Wildman–Crippen MR) is 52.6 cm³/mol. The van der Waals surface area contributed by atoms with Gasteiger partial charge < -0.3 is 10.5 Å². The van der Waals surface area contributed by atoms with Gasteiger partial charge in [0.05, 0.1) is 17.6 Å². The summed E-state index contributed by atoms with van der Waals surface area (Å²) in [7, 11) is 1.13. The number of nitrogens with two attached hydrogens (primary N) is 1. The molecule has 0 heterocycles. The largest absolute Gasteiger partial charge is 0.490 e. The first-order valence-electron chi connectivity index (χ1n) is 4.42. The third kappa shape index (κ3) is 2.64. The van der Waals surface area contributed by atoms with Crippen LogP contribution in [0.15, 0.2) is 18.2 Å². The third-order valence-electron chi connectivity index (χ3n) is 2.12. The van der Waals surface area contributed by atoms with Crippen molar-refractivity contribution in [1.29, 1.82) is 0 Å². The molecule has 0 saturated carbocycles. The van der Waals surface area contributed by atoms with Gasteiger partial charge in [0.2, 0.25) is 0 Å². The van der Waals surface area contributed by atoms with Crippen molar-refractivity contribution in [2.45, 2.75) is 12.2 Å². The normalized spacial score (nSPS) is 13.2. The highest BCUT2D eigenvalue weighted by Gasteiger charge is 2.42. The molecule has 1 atom stereocenters. The lowest BCUT2D eigenvalue weighted by molar-refractivity contribution is -0.387. The number of hydrogen-bond donors (Lipinski definition) is 1. The Bertz CT molecular complexity index is 434. The standard InChI is InChI=1S/C9H9F3N2O3/c1-17-6-4-2-3-5(7(6)14(15)16)8(13)9(10,11)12/h2-4,8H,13H2,1H3. The van der Waals surface area contributed by atoms with Gasteiger partial charge in [-0.2, -0.15) is 13.2 Å². The average molecular weight is 250 g/mol. The maximum absolute atomic E-state index is 12.4. The van der Waals surface area contributed by atoms with E-state index in [4.69, 9.17) is 5.73 Å². The molecule has 2 N–H and O–H groups in total. The molecule has 0 radical (unpaired) electrons. The van der Waals surface area contributed by atoms with Gasteiger partial charge in [-0.3, -0.25) is 10.1 Å². The van der Waals surface area contributed by atoms with E-state index in [1.54, 1.807) is 0 Å². The molecule has 8 heteroatoms. The zero-order valence-electron chi connectivity index (χ0n) is 8.69. The van der Waals surface area contributed by atoms with Gasteiger partial charge in [-0.05, 0) is 12.1 Å². The molecular weight excluding hydrogens is 241 g/mol. The molecule has 0 fully saturated rings. The summed E-state index contributed by atoms with van der Waals surface area (Å²) in [4.78, 5) is 9.79. The van der Waals surface area contributed by atoms with E-state index < -0.39 is 28.4 Å². The van der Waals surface area contributed by atoms with Gasteiger partial charge in [-0.25, -0.2) is 0 Å². The molecule has 1 aromatic carbocycles. The van der Waals surface area contributed by atoms with Crippen LogP contribution in [0.5, 0.6) is 5.75 Å². The molecule has 0 spiro atoms. The topological polar surface area (TPSA) is 78.4 Å². The SMILES string of the molecule is COc1cccc(C(N)C(F)(F)F)c1[N+](=O)[O-]. The summed E-state index contributed by atoms with van der Waals surface area (Å²) in [5.41, 5.74) is 3.56. The minimum absolute atomic E-state index is 0.257. The lowest BCUT2D eigenvalue weighted by Crippen LogP contribution is -2.29. The quantitative estimate of drug-likeness (QED) is 0.658. The highest BCUT2D eigenvalue weighted by Crippen LogP contribution is 2.39. The summed E-state index contributed by atoms with van der Waals surface area (Å²) in [6.07, 6.45) is -4.75. The maximum atomic E-state index is 12.4. The molecule has 0 aliphatic rings. The van der Waals surface area contributed by atoms with E-state index >= 15 is 0 Å². The van der Waals surface area contributed by atoms with Crippen LogP contribution in [0.1, 0.15) is 11.6 Å². The van der Waals surface area contributed by atoms with Gasteiger partial charge in [-0.1, -0.05) is 6.07 Å². The van der Waals surface area contributed by atoms with Crippen molar-refractivity contribution in [2.75, 3.05) is 7.11 Å². The van der Waals surface area contributed by atoms with E-state index in [0.717, 1.165) is 13.2 Å². The minimum Gasteiger partial charge on any atom is -0.490 e. The Morgan fingerprint density at radius 2 is 2.06 bits per heavy atom. The van der Waals surface area contributed by atoms with Crippen LogP contribution in [0.2, 0.25) is 0 Å². The first-order valence-corrected chi connectivity index (χ1v) is 4.42. The van der Waals surface area contributed by atoms with Crippen molar-refractivity contribution in [2.24, 2.45) is 5.73 Å². The molecule has 1 aromatic rings. The number of benzene rings is 1. The number of rotatable bonds is 3. The van der Waals surface area contributed by atoms with E-state index in [-0.39, 0.29) is 5.75 Å². The summed E-state index contributed by atoms with van der Waals surface area (Å²) >= 11 is 0. The van der Waals surface area contributed by atoms with Gasteiger partial charge >= 0.3 is 11.9 Å². The van der Waals surface area contributed by atoms with Gasteiger partial charge in [0.1, 0.15) is 6.04 Å². The van der Waals surface area contributed by atoms with E-state index in [1.165, 1.54) is 12.1 Å². The molecule has 17 heavy (non-hydrogen) atoms. The van der Waals surface area contributed by atoms with Crippen LogP contribution in [0.3, 0.4) is 0 Å². The number of nitro benzene ring substituents is 1. The third-order valence-corrected chi connectivity index (χ3v) is 2.12. The number of nitro groups is 1. The van der Waals surface area contributed by atoms with E-state index in [9.17, 15) is 23.3 Å². The summed E-state index contributed by atoms with van der Waals surface area (Å²) in [5, 5.41) is 10.7. The average Bonchev–Trinajstić information content (AvgIpc) is 2.25. The fraction of sp³-hybridized carbons (Fsp3) is 0.333. The molecule has 0 bridgehead atoms. The monoisotopic (exact) mass is 250 g/mol. The number of para-hydroxylation sites is 1. The smallest absolute Gasteiger partial charge is 0.407 e. The number of halogens is 3. The second-order valence-electron chi connectivity index (χ2n) is 3.17. The number of ether oxygens (including phenoxy) is 1. The first-order chi connectivity index (χ1) is 7.79. The fourth-order valence-electron chi connectivity index (χ4n) is 1.33. The first kappa shape index (κ1) is 13.2. The Hall–Kier alpha value is -1.83. The highest BCUT2D eigenvalue weighted by molar-refractivity contribution is 5.54.